The van der Waals surface area contributed by atoms with Crippen molar-refractivity contribution >= 4 is 0 Å². The maximum atomic E-state index is 11.1. The molecule has 0 fully saturated rings. The number of aryl methyl sites for hydroxylation is 2. The number of fused-ring (bicyclic) bond motifs is 1. The van der Waals surface area contributed by atoms with E-state index in [2.05, 4.69) is 69.3 Å². The Hall–Kier alpha value is -3.52. The van der Waals surface area contributed by atoms with Crippen LogP contribution < -0.4 is 0 Å². The number of phenols is 2. The van der Waals surface area contributed by atoms with Crippen LogP contribution in [0.4, 0.5) is 0 Å². The van der Waals surface area contributed by atoms with Crippen LogP contribution in [0.25, 0.3) is 22.3 Å². The number of rotatable bonds is 4. The van der Waals surface area contributed by atoms with Gasteiger partial charge in [0.05, 0.1) is 0 Å². The highest BCUT2D eigenvalue weighted by Gasteiger charge is 2.33. The zero-order valence-electron chi connectivity index (χ0n) is 19.5. The van der Waals surface area contributed by atoms with Crippen LogP contribution >= 0.6 is 0 Å². The van der Waals surface area contributed by atoms with Crippen molar-refractivity contribution in [2.75, 3.05) is 0 Å². The van der Waals surface area contributed by atoms with Crippen molar-refractivity contribution in [3.05, 3.63) is 106 Å². The highest BCUT2D eigenvalue weighted by atomic mass is 16.3. The summed E-state index contributed by atoms with van der Waals surface area (Å²) in [5.41, 5.74) is 11.4. The van der Waals surface area contributed by atoms with Crippen LogP contribution in [0, 0.1) is 13.8 Å². The summed E-state index contributed by atoms with van der Waals surface area (Å²) in [4.78, 5) is 0. The van der Waals surface area contributed by atoms with Crippen molar-refractivity contribution in [2.24, 2.45) is 0 Å². The number of hydrogen-bond donors (Lipinski definition) is 2. The summed E-state index contributed by atoms with van der Waals surface area (Å²) in [6.45, 7) is 6.34. The van der Waals surface area contributed by atoms with Crippen LogP contribution in [0.5, 0.6) is 11.5 Å². The molecule has 166 valence electrons. The summed E-state index contributed by atoms with van der Waals surface area (Å²) in [5, 5.41) is 22.0. The van der Waals surface area contributed by atoms with Crippen molar-refractivity contribution < 1.29 is 10.2 Å². The minimum absolute atomic E-state index is 0.0225. The van der Waals surface area contributed by atoms with E-state index >= 15 is 0 Å². The zero-order chi connectivity index (χ0) is 23.1. The van der Waals surface area contributed by atoms with Gasteiger partial charge < -0.3 is 10.2 Å². The third-order valence-corrected chi connectivity index (χ3v) is 7.13. The lowest BCUT2D eigenvalue weighted by atomic mass is 9.83. The van der Waals surface area contributed by atoms with Crippen LogP contribution in [0.15, 0.2) is 72.8 Å². The maximum Gasteiger partial charge on any atom is 0.119 e. The Kier molecular flexibility index (Phi) is 5.46. The number of aromatic hydroxyl groups is 2. The molecule has 0 bridgehead atoms. The summed E-state index contributed by atoms with van der Waals surface area (Å²) < 4.78 is 0. The van der Waals surface area contributed by atoms with Gasteiger partial charge >= 0.3 is 0 Å². The van der Waals surface area contributed by atoms with E-state index in [0.717, 1.165) is 47.1 Å². The molecule has 1 aliphatic rings. The molecule has 4 aromatic rings. The van der Waals surface area contributed by atoms with Gasteiger partial charge in [-0.25, -0.2) is 0 Å². The van der Waals surface area contributed by atoms with Crippen molar-refractivity contribution in [2.45, 2.75) is 46.0 Å². The Morgan fingerprint density at radius 2 is 1.18 bits per heavy atom. The molecule has 0 amide bonds. The van der Waals surface area contributed by atoms with E-state index in [1.165, 1.54) is 27.8 Å². The number of benzene rings is 4. The SMILES string of the molecule is CCc1c(-c2ccc(C)cc2)ccc(O)c1[C@H]1CCc2c(-c3ccc(C)cc3)ccc(O)c21. The van der Waals surface area contributed by atoms with Crippen LogP contribution in [0.3, 0.4) is 0 Å². The molecule has 0 radical (unpaired) electrons. The molecule has 1 atom stereocenters. The van der Waals surface area contributed by atoms with E-state index in [1.807, 2.05) is 24.3 Å². The quantitative estimate of drug-likeness (QED) is 0.346. The van der Waals surface area contributed by atoms with Gasteiger partial charge in [0.2, 0.25) is 0 Å². The first-order chi connectivity index (χ1) is 16.0. The van der Waals surface area contributed by atoms with Gasteiger partial charge in [-0.3, -0.25) is 0 Å². The van der Waals surface area contributed by atoms with Crippen LogP contribution in [-0.2, 0) is 12.8 Å². The molecule has 5 rings (SSSR count). The molecule has 2 N–H and O–H groups in total. The van der Waals surface area contributed by atoms with Gasteiger partial charge in [0.15, 0.2) is 0 Å². The normalized spacial score (nSPS) is 14.9. The minimum atomic E-state index is -0.0225. The van der Waals surface area contributed by atoms with E-state index in [0.29, 0.717) is 11.5 Å². The molecule has 0 saturated carbocycles. The van der Waals surface area contributed by atoms with Crippen LogP contribution in [0.2, 0.25) is 0 Å². The smallest absolute Gasteiger partial charge is 0.119 e. The van der Waals surface area contributed by atoms with E-state index in [4.69, 9.17) is 0 Å². The molecule has 1 aliphatic carbocycles. The third kappa shape index (κ3) is 3.70. The standard InChI is InChI=1S/C31H30O2/c1-4-23-24(21-9-5-19(2)6-10-21)15-17-28(32)30(23)27-14-13-26-25(16-18-29(33)31(26)27)22-11-7-20(3)8-12-22/h5-12,15-18,27,32-33H,4,13-14H2,1-3H3/t27-/m1/s1. The van der Waals surface area contributed by atoms with E-state index in [1.54, 1.807) is 0 Å². The Morgan fingerprint density at radius 3 is 1.76 bits per heavy atom. The van der Waals surface area contributed by atoms with Crippen molar-refractivity contribution in [3.63, 3.8) is 0 Å². The average Bonchev–Trinajstić information content (AvgIpc) is 3.26. The summed E-state index contributed by atoms with van der Waals surface area (Å²) in [6.07, 6.45) is 2.58. The Balaban J connectivity index is 1.67. The second-order valence-corrected chi connectivity index (χ2v) is 9.23. The number of hydrogen-bond acceptors (Lipinski definition) is 2. The van der Waals surface area contributed by atoms with Crippen molar-refractivity contribution in [1.82, 2.24) is 0 Å². The molecule has 2 heteroatoms. The first kappa shape index (κ1) is 21.3. The van der Waals surface area contributed by atoms with Gasteiger partial charge in [-0.1, -0.05) is 78.7 Å². The molecule has 0 unspecified atom stereocenters. The molecule has 33 heavy (non-hydrogen) atoms. The average molecular weight is 435 g/mol. The van der Waals surface area contributed by atoms with Crippen molar-refractivity contribution in [1.29, 1.82) is 0 Å². The molecule has 4 aromatic carbocycles. The fraction of sp³-hybridized carbons (Fsp3) is 0.226. The monoisotopic (exact) mass is 434 g/mol. The van der Waals surface area contributed by atoms with Gasteiger partial charge in [-0.15, -0.1) is 0 Å². The fourth-order valence-electron chi connectivity index (χ4n) is 5.46. The highest BCUT2D eigenvalue weighted by Crippen LogP contribution is 2.50. The summed E-state index contributed by atoms with van der Waals surface area (Å²) in [6, 6.07) is 24.8. The second kappa shape index (κ2) is 8.44. The van der Waals surface area contributed by atoms with E-state index in [-0.39, 0.29) is 5.92 Å². The van der Waals surface area contributed by atoms with E-state index in [9.17, 15) is 10.2 Å². The molecule has 2 nitrogen and oxygen atoms in total. The fourth-order valence-corrected chi connectivity index (χ4v) is 5.46. The first-order valence-electron chi connectivity index (χ1n) is 11.8. The Bertz CT molecular complexity index is 1310. The predicted molar refractivity (Wildman–Crippen MR) is 136 cm³/mol. The second-order valence-electron chi connectivity index (χ2n) is 9.23. The lowest BCUT2D eigenvalue weighted by Gasteiger charge is -2.22. The Labute approximate surface area is 196 Å². The topological polar surface area (TPSA) is 40.5 Å². The van der Waals surface area contributed by atoms with Gasteiger partial charge in [-0.05, 0) is 78.6 Å². The minimum Gasteiger partial charge on any atom is -0.508 e. The lowest BCUT2D eigenvalue weighted by Crippen LogP contribution is -2.04. The van der Waals surface area contributed by atoms with Gasteiger partial charge in [0.25, 0.3) is 0 Å². The largest absolute Gasteiger partial charge is 0.508 e. The summed E-state index contributed by atoms with van der Waals surface area (Å²) >= 11 is 0. The van der Waals surface area contributed by atoms with E-state index < -0.39 is 0 Å². The molecular formula is C31H30O2. The molecule has 0 aliphatic heterocycles. The molecular weight excluding hydrogens is 404 g/mol. The zero-order valence-corrected chi connectivity index (χ0v) is 19.5. The predicted octanol–water partition coefficient (Wildman–Crippen LogP) is 7.69. The first-order valence-corrected chi connectivity index (χ1v) is 11.8. The maximum absolute atomic E-state index is 11.1. The van der Waals surface area contributed by atoms with Gasteiger partial charge in [0.1, 0.15) is 11.5 Å². The number of phenolic OH excluding ortho intramolecular Hbond substituents is 2. The molecule has 0 aromatic heterocycles. The van der Waals surface area contributed by atoms with Crippen molar-refractivity contribution in [3.8, 4) is 33.8 Å². The van der Waals surface area contributed by atoms with Gasteiger partial charge in [-0.2, -0.15) is 0 Å². The van der Waals surface area contributed by atoms with Gasteiger partial charge in [0, 0.05) is 17.0 Å². The summed E-state index contributed by atoms with van der Waals surface area (Å²) in [7, 11) is 0. The summed E-state index contributed by atoms with van der Waals surface area (Å²) in [5.74, 6) is 0.622. The lowest BCUT2D eigenvalue weighted by molar-refractivity contribution is 0.455. The molecule has 0 saturated heterocycles. The van der Waals surface area contributed by atoms with Crippen LogP contribution in [0.1, 0.15) is 52.6 Å². The molecule has 0 heterocycles. The Morgan fingerprint density at radius 1 is 0.667 bits per heavy atom. The highest BCUT2D eigenvalue weighted by molar-refractivity contribution is 5.76. The van der Waals surface area contributed by atoms with Crippen LogP contribution in [-0.4, -0.2) is 10.2 Å². The molecule has 0 spiro atoms. The third-order valence-electron chi connectivity index (χ3n) is 7.13.